The fourth-order valence-electron chi connectivity index (χ4n) is 1.43. The fourth-order valence-corrected chi connectivity index (χ4v) is 1.43. The molecule has 0 fully saturated rings. The lowest BCUT2D eigenvalue weighted by Crippen LogP contribution is -2.10. The van der Waals surface area contributed by atoms with E-state index in [4.69, 9.17) is 5.73 Å². The van der Waals surface area contributed by atoms with Crippen LogP contribution in [0, 0.1) is 10.1 Å². The average molecular weight is 248 g/mol. The number of benzene rings is 1. The highest BCUT2D eigenvalue weighted by Crippen LogP contribution is 2.27. The van der Waals surface area contributed by atoms with Gasteiger partial charge in [-0.15, -0.1) is 5.10 Å². The molecule has 3 N–H and O–H groups in total. The average Bonchev–Trinajstić information content (AvgIpc) is 2.78. The predicted octanol–water partition coefficient (Wildman–Crippen LogP) is 1.03. The van der Waals surface area contributed by atoms with E-state index in [0.717, 1.165) is 0 Å². The zero-order chi connectivity index (χ0) is 13.3. The molecule has 1 aromatic carbocycles. The Hall–Kier alpha value is -2.64. The van der Waals surface area contributed by atoms with Gasteiger partial charge in [-0.05, 0) is 12.1 Å². The van der Waals surface area contributed by atoms with E-state index in [-0.39, 0.29) is 11.4 Å². The van der Waals surface area contributed by atoms with Gasteiger partial charge in [-0.25, -0.2) is 0 Å². The number of nitrogens with one attached hydrogen (secondary N) is 1. The monoisotopic (exact) mass is 248 g/mol. The van der Waals surface area contributed by atoms with Gasteiger partial charge in [0, 0.05) is 25.7 Å². The first kappa shape index (κ1) is 11.8. The van der Waals surface area contributed by atoms with Gasteiger partial charge in [-0.3, -0.25) is 15.2 Å². The molecule has 8 heteroatoms. The molecule has 0 atom stereocenters. The summed E-state index contributed by atoms with van der Waals surface area (Å²) in [6, 6.07) is 4.50. The molecule has 0 bridgehead atoms. The minimum absolute atomic E-state index is 0.121. The number of nitrogen functional groups attached to an aromatic ring is 1. The van der Waals surface area contributed by atoms with E-state index in [2.05, 4.69) is 15.2 Å². The standard InChI is InChI=1S/C10H12N6O2/c1-15(2)10-12-9(13-14-10)6-3-4-7(11)8(5-6)16(17)18/h3-5H,11H2,1-2H3,(H,12,13,14). The van der Waals surface area contributed by atoms with Gasteiger partial charge in [0.05, 0.1) is 4.92 Å². The van der Waals surface area contributed by atoms with Crippen molar-refractivity contribution in [1.29, 1.82) is 0 Å². The van der Waals surface area contributed by atoms with Gasteiger partial charge < -0.3 is 10.6 Å². The lowest BCUT2D eigenvalue weighted by Gasteiger charge is -2.03. The zero-order valence-electron chi connectivity index (χ0n) is 9.91. The van der Waals surface area contributed by atoms with Crippen molar-refractivity contribution in [3.63, 3.8) is 0 Å². The summed E-state index contributed by atoms with van der Waals surface area (Å²) in [5, 5.41) is 17.5. The molecule has 0 unspecified atom stereocenters. The lowest BCUT2D eigenvalue weighted by atomic mass is 10.1. The molecular weight excluding hydrogens is 236 g/mol. The first-order valence-corrected chi connectivity index (χ1v) is 5.13. The molecule has 2 rings (SSSR count). The van der Waals surface area contributed by atoms with E-state index in [1.54, 1.807) is 25.1 Å². The first-order chi connectivity index (χ1) is 8.49. The quantitative estimate of drug-likeness (QED) is 0.476. The van der Waals surface area contributed by atoms with E-state index in [1.807, 2.05) is 0 Å². The second-order valence-electron chi connectivity index (χ2n) is 3.91. The summed E-state index contributed by atoms with van der Waals surface area (Å²) in [4.78, 5) is 16.2. The van der Waals surface area contributed by atoms with Gasteiger partial charge in [-0.2, -0.15) is 4.98 Å². The van der Waals surface area contributed by atoms with Crippen LogP contribution in [0.1, 0.15) is 0 Å². The molecule has 0 saturated carbocycles. The third-order valence-electron chi connectivity index (χ3n) is 2.37. The molecule has 1 aromatic heterocycles. The van der Waals surface area contributed by atoms with Crippen molar-refractivity contribution in [1.82, 2.24) is 15.2 Å². The van der Waals surface area contributed by atoms with Gasteiger partial charge in [-0.1, -0.05) is 0 Å². The summed E-state index contributed by atoms with van der Waals surface area (Å²) in [5.74, 6) is 0.964. The Morgan fingerprint density at radius 2 is 2.17 bits per heavy atom. The molecule has 0 aliphatic heterocycles. The Morgan fingerprint density at radius 1 is 1.44 bits per heavy atom. The van der Waals surface area contributed by atoms with Crippen molar-refractivity contribution in [3.05, 3.63) is 28.3 Å². The van der Waals surface area contributed by atoms with E-state index in [0.29, 0.717) is 17.3 Å². The number of nitro benzene ring substituents is 1. The number of hydrogen-bond donors (Lipinski definition) is 2. The molecule has 0 saturated heterocycles. The van der Waals surface area contributed by atoms with Crippen LogP contribution in [-0.4, -0.2) is 34.2 Å². The highest BCUT2D eigenvalue weighted by molar-refractivity contribution is 5.68. The first-order valence-electron chi connectivity index (χ1n) is 5.13. The Kier molecular flexibility index (Phi) is 2.84. The molecule has 0 amide bonds. The molecule has 2 aromatic rings. The number of rotatable bonds is 3. The lowest BCUT2D eigenvalue weighted by molar-refractivity contribution is -0.383. The van der Waals surface area contributed by atoms with E-state index in [1.165, 1.54) is 12.1 Å². The number of nitrogens with two attached hydrogens (primary N) is 1. The number of anilines is 2. The van der Waals surface area contributed by atoms with Crippen molar-refractivity contribution in [2.45, 2.75) is 0 Å². The highest BCUT2D eigenvalue weighted by atomic mass is 16.6. The highest BCUT2D eigenvalue weighted by Gasteiger charge is 2.15. The summed E-state index contributed by atoms with van der Waals surface area (Å²) in [7, 11) is 3.61. The molecule has 0 aliphatic carbocycles. The molecule has 18 heavy (non-hydrogen) atoms. The van der Waals surface area contributed by atoms with Crippen LogP contribution in [-0.2, 0) is 0 Å². The van der Waals surface area contributed by atoms with Crippen molar-refractivity contribution in [2.24, 2.45) is 0 Å². The summed E-state index contributed by atoms with van der Waals surface area (Å²) < 4.78 is 0. The Bertz CT molecular complexity index is 592. The number of aromatic amines is 1. The largest absolute Gasteiger partial charge is 0.393 e. The number of nitrogens with zero attached hydrogens (tertiary/aromatic N) is 4. The van der Waals surface area contributed by atoms with Gasteiger partial charge in [0.15, 0.2) is 5.82 Å². The SMILES string of the molecule is CN(C)c1n[nH]c(-c2ccc(N)c([N+](=O)[O-])c2)n1. The molecule has 8 nitrogen and oxygen atoms in total. The third kappa shape index (κ3) is 2.08. The predicted molar refractivity (Wildman–Crippen MR) is 67.2 cm³/mol. The maximum Gasteiger partial charge on any atom is 0.292 e. The number of nitro groups is 1. The van der Waals surface area contributed by atoms with Crippen LogP contribution < -0.4 is 10.6 Å². The second kappa shape index (κ2) is 4.32. The zero-order valence-corrected chi connectivity index (χ0v) is 9.91. The number of hydrogen-bond acceptors (Lipinski definition) is 6. The van der Waals surface area contributed by atoms with Crippen LogP contribution in [0.5, 0.6) is 0 Å². The third-order valence-corrected chi connectivity index (χ3v) is 2.37. The Morgan fingerprint density at radius 3 is 2.72 bits per heavy atom. The summed E-state index contributed by atoms with van der Waals surface area (Å²) >= 11 is 0. The van der Waals surface area contributed by atoms with Crippen LogP contribution in [0.4, 0.5) is 17.3 Å². The van der Waals surface area contributed by atoms with Crippen LogP contribution >= 0.6 is 0 Å². The molecule has 0 spiro atoms. The summed E-state index contributed by atoms with van der Waals surface area (Å²) in [6.07, 6.45) is 0. The number of H-pyrrole nitrogens is 1. The van der Waals surface area contributed by atoms with Gasteiger partial charge in [0.1, 0.15) is 5.69 Å². The van der Waals surface area contributed by atoms with E-state index >= 15 is 0 Å². The van der Waals surface area contributed by atoms with Crippen LogP contribution in [0.25, 0.3) is 11.4 Å². The Labute approximate surface area is 103 Å². The van der Waals surface area contributed by atoms with Gasteiger partial charge >= 0.3 is 0 Å². The molecule has 94 valence electrons. The summed E-state index contributed by atoms with van der Waals surface area (Å²) in [6.45, 7) is 0. The molecular formula is C10H12N6O2. The topological polar surface area (TPSA) is 114 Å². The fraction of sp³-hybridized carbons (Fsp3) is 0.200. The van der Waals surface area contributed by atoms with Crippen molar-refractivity contribution in [2.75, 3.05) is 24.7 Å². The van der Waals surface area contributed by atoms with E-state index < -0.39 is 4.92 Å². The summed E-state index contributed by atoms with van der Waals surface area (Å²) in [5.41, 5.74) is 6.07. The number of aromatic nitrogens is 3. The normalized spacial score (nSPS) is 10.3. The maximum atomic E-state index is 10.8. The smallest absolute Gasteiger partial charge is 0.292 e. The van der Waals surface area contributed by atoms with Crippen molar-refractivity contribution < 1.29 is 4.92 Å². The molecule has 0 aliphatic rings. The van der Waals surface area contributed by atoms with Crippen LogP contribution in [0.15, 0.2) is 18.2 Å². The van der Waals surface area contributed by atoms with Crippen LogP contribution in [0.3, 0.4) is 0 Å². The van der Waals surface area contributed by atoms with Crippen LogP contribution in [0.2, 0.25) is 0 Å². The minimum atomic E-state index is -0.526. The van der Waals surface area contributed by atoms with E-state index in [9.17, 15) is 10.1 Å². The van der Waals surface area contributed by atoms with Crippen molar-refractivity contribution in [3.8, 4) is 11.4 Å². The second-order valence-corrected chi connectivity index (χ2v) is 3.91. The minimum Gasteiger partial charge on any atom is -0.393 e. The molecule has 0 radical (unpaired) electrons. The van der Waals surface area contributed by atoms with Crippen molar-refractivity contribution >= 4 is 17.3 Å². The maximum absolute atomic E-state index is 10.8. The van der Waals surface area contributed by atoms with Gasteiger partial charge in [0.25, 0.3) is 5.69 Å². The molecule has 1 heterocycles. The Balaban J connectivity index is 2.44. The van der Waals surface area contributed by atoms with Gasteiger partial charge in [0.2, 0.25) is 5.95 Å².